The van der Waals surface area contributed by atoms with Gasteiger partial charge in [0.25, 0.3) is 0 Å². The lowest BCUT2D eigenvalue weighted by Gasteiger charge is -2.35. The Labute approximate surface area is 101 Å². The van der Waals surface area contributed by atoms with Crippen LogP contribution in [-0.2, 0) is 10.3 Å². The third-order valence-electron chi connectivity index (χ3n) is 3.59. The highest BCUT2D eigenvalue weighted by Gasteiger charge is 2.34. The zero-order valence-electron chi connectivity index (χ0n) is 10.1. The molecule has 1 saturated heterocycles. The van der Waals surface area contributed by atoms with Crippen LogP contribution in [0.1, 0.15) is 35.7 Å². The van der Waals surface area contributed by atoms with Gasteiger partial charge >= 0.3 is 0 Å². The number of aldehydes is 1. The van der Waals surface area contributed by atoms with Crippen molar-refractivity contribution >= 4 is 6.29 Å². The number of carbonyl (C=O) groups excluding carboxylic acids is 1. The summed E-state index contributed by atoms with van der Waals surface area (Å²) >= 11 is 0. The Kier molecular flexibility index (Phi) is 3.60. The molecule has 1 N–H and O–H groups in total. The van der Waals surface area contributed by atoms with Gasteiger partial charge in [0.2, 0.25) is 0 Å². The van der Waals surface area contributed by atoms with E-state index in [-0.39, 0.29) is 5.92 Å². The van der Waals surface area contributed by atoms with Gasteiger partial charge < -0.3 is 9.84 Å². The van der Waals surface area contributed by atoms with Gasteiger partial charge in [0.05, 0.1) is 12.2 Å². The van der Waals surface area contributed by atoms with Gasteiger partial charge in [0, 0.05) is 18.1 Å². The summed E-state index contributed by atoms with van der Waals surface area (Å²) in [6.45, 7) is 3.21. The summed E-state index contributed by atoms with van der Waals surface area (Å²) in [6.07, 6.45) is 2.78. The van der Waals surface area contributed by atoms with Crippen LogP contribution in [0.25, 0.3) is 0 Å². The number of ether oxygens (including phenoxy) is 1. The van der Waals surface area contributed by atoms with E-state index in [1.165, 1.54) is 0 Å². The lowest BCUT2D eigenvalue weighted by Crippen LogP contribution is -2.37. The quantitative estimate of drug-likeness (QED) is 0.815. The van der Waals surface area contributed by atoms with Gasteiger partial charge in [-0.1, -0.05) is 24.3 Å². The van der Waals surface area contributed by atoms with Gasteiger partial charge in [-0.15, -0.1) is 0 Å². The molecule has 2 rings (SSSR count). The molecule has 0 saturated carbocycles. The van der Waals surface area contributed by atoms with Crippen molar-refractivity contribution in [1.82, 2.24) is 0 Å². The molecule has 0 aromatic heterocycles. The fourth-order valence-corrected chi connectivity index (χ4v) is 2.32. The summed E-state index contributed by atoms with van der Waals surface area (Å²) in [5, 5.41) is 10.6. The second-order valence-electron chi connectivity index (χ2n) is 4.80. The van der Waals surface area contributed by atoms with E-state index < -0.39 is 5.60 Å². The number of rotatable bonds is 3. The van der Waals surface area contributed by atoms with Crippen LogP contribution < -0.4 is 0 Å². The highest BCUT2D eigenvalue weighted by atomic mass is 16.5. The smallest absolute Gasteiger partial charge is 0.150 e. The van der Waals surface area contributed by atoms with E-state index in [0.29, 0.717) is 12.2 Å². The van der Waals surface area contributed by atoms with E-state index in [0.717, 1.165) is 31.3 Å². The van der Waals surface area contributed by atoms with Crippen molar-refractivity contribution in [2.45, 2.75) is 25.4 Å². The Morgan fingerprint density at radius 1 is 1.41 bits per heavy atom. The van der Waals surface area contributed by atoms with Crippen LogP contribution in [0.4, 0.5) is 0 Å². The van der Waals surface area contributed by atoms with Gasteiger partial charge in [0.1, 0.15) is 6.29 Å². The van der Waals surface area contributed by atoms with E-state index in [1.807, 2.05) is 19.1 Å². The van der Waals surface area contributed by atoms with Crippen molar-refractivity contribution in [2.75, 3.05) is 13.2 Å². The van der Waals surface area contributed by atoms with Crippen molar-refractivity contribution in [3.63, 3.8) is 0 Å². The van der Waals surface area contributed by atoms with Gasteiger partial charge in [-0.2, -0.15) is 0 Å². The van der Waals surface area contributed by atoms with E-state index in [9.17, 15) is 9.90 Å². The SMILES string of the molecule is CC(O)(c1ccc(C=O)cc1)C1CCCOC1. The lowest BCUT2D eigenvalue weighted by molar-refractivity contribution is -0.0723. The molecule has 0 bridgehead atoms. The molecule has 0 amide bonds. The largest absolute Gasteiger partial charge is 0.385 e. The minimum Gasteiger partial charge on any atom is -0.385 e. The highest BCUT2D eigenvalue weighted by Crippen LogP contribution is 2.34. The molecule has 2 unspecified atom stereocenters. The summed E-state index contributed by atoms with van der Waals surface area (Å²) in [5.74, 6) is 0.123. The molecule has 17 heavy (non-hydrogen) atoms. The molecule has 92 valence electrons. The fourth-order valence-electron chi connectivity index (χ4n) is 2.32. The minimum atomic E-state index is -0.887. The normalized spacial score (nSPS) is 24.0. The van der Waals surface area contributed by atoms with E-state index in [1.54, 1.807) is 12.1 Å². The Balaban J connectivity index is 2.19. The zero-order chi connectivity index (χ0) is 12.3. The maximum absolute atomic E-state index is 10.6. The lowest BCUT2D eigenvalue weighted by atomic mass is 9.80. The van der Waals surface area contributed by atoms with Gasteiger partial charge in [-0.25, -0.2) is 0 Å². The van der Waals surface area contributed by atoms with Gasteiger partial charge in [-0.05, 0) is 25.3 Å². The molecule has 1 fully saturated rings. The monoisotopic (exact) mass is 234 g/mol. The van der Waals surface area contributed by atoms with Gasteiger partial charge in [0.15, 0.2) is 0 Å². The molecule has 1 aromatic carbocycles. The number of aliphatic hydroxyl groups is 1. The van der Waals surface area contributed by atoms with Gasteiger partial charge in [-0.3, -0.25) is 4.79 Å². The molecule has 3 nitrogen and oxygen atoms in total. The summed E-state index contributed by atoms with van der Waals surface area (Å²) in [6, 6.07) is 7.11. The van der Waals surface area contributed by atoms with Crippen molar-refractivity contribution in [3.05, 3.63) is 35.4 Å². The molecule has 0 aliphatic carbocycles. The number of carbonyl (C=O) groups is 1. The first kappa shape index (κ1) is 12.3. The van der Waals surface area contributed by atoms with E-state index in [4.69, 9.17) is 4.74 Å². The summed E-state index contributed by atoms with van der Waals surface area (Å²) in [5.41, 5.74) is 0.588. The van der Waals surface area contributed by atoms with Crippen molar-refractivity contribution in [1.29, 1.82) is 0 Å². The molecule has 0 radical (unpaired) electrons. The third kappa shape index (κ3) is 2.56. The summed E-state index contributed by atoms with van der Waals surface area (Å²) in [7, 11) is 0. The molecule has 1 aliphatic rings. The summed E-state index contributed by atoms with van der Waals surface area (Å²) < 4.78 is 5.42. The predicted molar refractivity (Wildman–Crippen MR) is 64.9 cm³/mol. The Morgan fingerprint density at radius 2 is 2.12 bits per heavy atom. The Morgan fingerprint density at radius 3 is 2.65 bits per heavy atom. The van der Waals surface area contributed by atoms with Crippen LogP contribution in [0.2, 0.25) is 0 Å². The molecule has 3 heteroatoms. The van der Waals surface area contributed by atoms with Crippen LogP contribution in [0.5, 0.6) is 0 Å². The fraction of sp³-hybridized carbons (Fsp3) is 0.500. The summed E-state index contributed by atoms with van der Waals surface area (Å²) in [4.78, 5) is 10.6. The van der Waals surface area contributed by atoms with E-state index >= 15 is 0 Å². The second-order valence-corrected chi connectivity index (χ2v) is 4.80. The van der Waals surface area contributed by atoms with Crippen LogP contribution in [-0.4, -0.2) is 24.6 Å². The molecular formula is C14H18O3. The average Bonchev–Trinajstić information content (AvgIpc) is 2.40. The van der Waals surface area contributed by atoms with Crippen molar-refractivity contribution in [3.8, 4) is 0 Å². The average molecular weight is 234 g/mol. The first-order valence-corrected chi connectivity index (χ1v) is 6.00. The zero-order valence-corrected chi connectivity index (χ0v) is 10.1. The van der Waals surface area contributed by atoms with Crippen molar-refractivity contribution in [2.24, 2.45) is 5.92 Å². The Hall–Kier alpha value is -1.19. The molecule has 1 heterocycles. The molecule has 0 spiro atoms. The topological polar surface area (TPSA) is 46.5 Å². The Bertz CT molecular complexity index is 375. The number of hydrogen-bond donors (Lipinski definition) is 1. The van der Waals surface area contributed by atoms with Crippen LogP contribution >= 0.6 is 0 Å². The molecule has 1 aromatic rings. The van der Waals surface area contributed by atoms with Crippen LogP contribution in [0, 0.1) is 5.92 Å². The minimum absolute atomic E-state index is 0.123. The maximum atomic E-state index is 10.6. The first-order valence-electron chi connectivity index (χ1n) is 6.00. The number of benzene rings is 1. The standard InChI is InChI=1S/C14H18O3/c1-14(16,13-3-2-8-17-10-13)12-6-4-11(9-15)5-7-12/h4-7,9,13,16H,2-3,8,10H2,1H3. The highest BCUT2D eigenvalue weighted by molar-refractivity contribution is 5.74. The van der Waals surface area contributed by atoms with Crippen molar-refractivity contribution < 1.29 is 14.6 Å². The number of hydrogen-bond acceptors (Lipinski definition) is 3. The predicted octanol–water partition coefficient (Wildman–Crippen LogP) is 2.13. The first-order chi connectivity index (χ1) is 8.14. The third-order valence-corrected chi connectivity index (χ3v) is 3.59. The van der Waals surface area contributed by atoms with Crippen LogP contribution in [0.15, 0.2) is 24.3 Å². The van der Waals surface area contributed by atoms with Crippen LogP contribution in [0.3, 0.4) is 0 Å². The molecule has 1 aliphatic heterocycles. The maximum Gasteiger partial charge on any atom is 0.150 e. The second kappa shape index (κ2) is 4.98. The van der Waals surface area contributed by atoms with E-state index in [2.05, 4.69) is 0 Å². The molecular weight excluding hydrogens is 216 g/mol. The molecule has 2 atom stereocenters.